The predicted molar refractivity (Wildman–Crippen MR) is 83.8 cm³/mol. The minimum Gasteiger partial charge on any atom is -0.488 e. The Kier molecular flexibility index (Phi) is 4.98. The van der Waals surface area contributed by atoms with E-state index in [9.17, 15) is 16.8 Å². The van der Waals surface area contributed by atoms with Crippen LogP contribution in [0.15, 0.2) is 23.1 Å². The number of sulfonamides is 2. The van der Waals surface area contributed by atoms with Crippen LogP contribution in [0.2, 0.25) is 0 Å². The van der Waals surface area contributed by atoms with Gasteiger partial charge in [0.25, 0.3) is 0 Å². The number of hydrogen-bond acceptors (Lipinski definition) is 5. The van der Waals surface area contributed by atoms with Crippen molar-refractivity contribution < 1.29 is 21.6 Å². The van der Waals surface area contributed by atoms with Gasteiger partial charge < -0.3 is 4.74 Å². The second kappa shape index (κ2) is 6.43. The monoisotopic (exact) mass is 348 g/mol. The number of rotatable bonds is 5. The maximum absolute atomic E-state index is 11.5. The van der Waals surface area contributed by atoms with Crippen molar-refractivity contribution in [2.75, 3.05) is 11.0 Å². The molecule has 0 unspecified atom stereocenters. The standard InChI is InChI=1S/C13H20N2O5S2/c1-21(16,17)15-12-8-7-11(22(14,18)19)9-13(12)20-10-5-3-2-4-6-10/h7-10,15H,2-6H2,1H3,(H2,14,18,19). The highest BCUT2D eigenvalue weighted by Crippen LogP contribution is 2.32. The average Bonchev–Trinajstić information content (AvgIpc) is 2.39. The van der Waals surface area contributed by atoms with Gasteiger partial charge in [-0.3, -0.25) is 4.72 Å². The molecule has 3 N–H and O–H groups in total. The maximum atomic E-state index is 11.5. The van der Waals surface area contributed by atoms with E-state index in [-0.39, 0.29) is 22.4 Å². The summed E-state index contributed by atoms with van der Waals surface area (Å²) in [4.78, 5) is -0.114. The van der Waals surface area contributed by atoms with Gasteiger partial charge in [0.1, 0.15) is 5.75 Å². The van der Waals surface area contributed by atoms with Crippen LogP contribution in [0.4, 0.5) is 5.69 Å². The molecule has 0 aliphatic heterocycles. The summed E-state index contributed by atoms with van der Waals surface area (Å²) in [6, 6.07) is 3.85. The molecule has 1 fully saturated rings. The third kappa shape index (κ3) is 4.85. The van der Waals surface area contributed by atoms with Crippen molar-refractivity contribution in [3.8, 4) is 5.75 Å². The van der Waals surface area contributed by atoms with E-state index in [1.54, 1.807) is 0 Å². The lowest BCUT2D eigenvalue weighted by Crippen LogP contribution is -2.21. The molecular formula is C13H20N2O5S2. The van der Waals surface area contributed by atoms with Gasteiger partial charge in [-0.2, -0.15) is 0 Å². The lowest BCUT2D eigenvalue weighted by atomic mass is 9.98. The second-order valence-electron chi connectivity index (χ2n) is 5.46. The predicted octanol–water partition coefficient (Wildman–Crippen LogP) is 1.42. The van der Waals surface area contributed by atoms with Crippen molar-refractivity contribution in [3.63, 3.8) is 0 Å². The fourth-order valence-corrected chi connectivity index (χ4v) is 3.52. The van der Waals surface area contributed by atoms with Crippen LogP contribution in [0, 0.1) is 0 Å². The number of benzene rings is 1. The van der Waals surface area contributed by atoms with Crippen molar-refractivity contribution in [2.45, 2.75) is 43.1 Å². The molecule has 1 aliphatic carbocycles. The molecule has 0 atom stereocenters. The first-order valence-corrected chi connectivity index (χ1v) is 10.4. The quantitative estimate of drug-likeness (QED) is 0.835. The lowest BCUT2D eigenvalue weighted by molar-refractivity contribution is 0.155. The Hall–Kier alpha value is -1.32. The molecule has 0 radical (unpaired) electrons. The molecule has 1 aliphatic rings. The first kappa shape index (κ1) is 17.0. The van der Waals surface area contributed by atoms with Crippen LogP contribution < -0.4 is 14.6 Å². The van der Waals surface area contributed by atoms with E-state index in [1.165, 1.54) is 18.2 Å². The van der Waals surface area contributed by atoms with Gasteiger partial charge >= 0.3 is 0 Å². The first-order chi connectivity index (χ1) is 10.1. The molecule has 0 saturated heterocycles. The number of anilines is 1. The summed E-state index contributed by atoms with van der Waals surface area (Å²) in [5.41, 5.74) is 0.209. The van der Waals surface area contributed by atoms with Crippen LogP contribution in [0.3, 0.4) is 0 Å². The zero-order chi connectivity index (χ0) is 16.4. The third-order valence-corrected chi connectivity index (χ3v) is 4.92. The number of primary sulfonamides is 1. The Bertz CT molecular complexity index is 738. The highest BCUT2D eigenvalue weighted by atomic mass is 32.2. The molecule has 22 heavy (non-hydrogen) atoms. The second-order valence-corrected chi connectivity index (χ2v) is 8.76. The Morgan fingerprint density at radius 1 is 1.14 bits per heavy atom. The normalized spacial score (nSPS) is 17.2. The van der Waals surface area contributed by atoms with E-state index in [1.807, 2.05) is 0 Å². The SMILES string of the molecule is CS(=O)(=O)Nc1ccc(S(N)(=O)=O)cc1OC1CCCCC1. The number of nitrogens with two attached hydrogens (primary N) is 1. The van der Waals surface area contributed by atoms with E-state index < -0.39 is 20.0 Å². The van der Waals surface area contributed by atoms with E-state index in [2.05, 4.69) is 4.72 Å². The molecule has 0 bridgehead atoms. The van der Waals surface area contributed by atoms with Crippen LogP contribution in [0.25, 0.3) is 0 Å². The Morgan fingerprint density at radius 3 is 2.32 bits per heavy atom. The molecule has 0 spiro atoms. The number of hydrogen-bond donors (Lipinski definition) is 2. The fourth-order valence-electron chi connectivity index (χ4n) is 2.42. The zero-order valence-electron chi connectivity index (χ0n) is 12.3. The van der Waals surface area contributed by atoms with Crippen LogP contribution in [-0.4, -0.2) is 29.2 Å². The highest BCUT2D eigenvalue weighted by Gasteiger charge is 2.20. The number of nitrogens with one attached hydrogen (secondary N) is 1. The summed E-state index contributed by atoms with van der Waals surface area (Å²) < 4.78 is 53.9. The Labute approximate surface area is 131 Å². The van der Waals surface area contributed by atoms with Gasteiger partial charge in [0.15, 0.2) is 0 Å². The molecule has 124 valence electrons. The van der Waals surface area contributed by atoms with Crippen LogP contribution >= 0.6 is 0 Å². The maximum Gasteiger partial charge on any atom is 0.238 e. The lowest BCUT2D eigenvalue weighted by Gasteiger charge is -2.24. The van der Waals surface area contributed by atoms with Crippen LogP contribution in [0.1, 0.15) is 32.1 Å². The molecule has 0 aromatic heterocycles. The molecule has 7 nitrogen and oxygen atoms in total. The van der Waals surface area contributed by atoms with Gasteiger partial charge in [0.05, 0.1) is 22.9 Å². The van der Waals surface area contributed by atoms with Crippen LogP contribution in [0.5, 0.6) is 5.75 Å². The minimum absolute atomic E-state index is 0.0513. The summed E-state index contributed by atoms with van der Waals surface area (Å²) in [6.45, 7) is 0. The summed E-state index contributed by atoms with van der Waals surface area (Å²) in [5.74, 6) is 0.184. The Morgan fingerprint density at radius 2 is 1.77 bits per heavy atom. The van der Waals surface area contributed by atoms with Crippen molar-refractivity contribution in [3.05, 3.63) is 18.2 Å². The van der Waals surface area contributed by atoms with Crippen molar-refractivity contribution in [1.29, 1.82) is 0 Å². The molecule has 0 amide bonds. The fraction of sp³-hybridized carbons (Fsp3) is 0.538. The summed E-state index contributed by atoms with van der Waals surface area (Å²) in [7, 11) is -7.38. The third-order valence-electron chi connectivity index (χ3n) is 3.42. The molecule has 9 heteroatoms. The van der Waals surface area contributed by atoms with Crippen molar-refractivity contribution in [1.82, 2.24) is 0 Å². The van der Waals surface area contributed by atoms with Gasteiger partial charge in [-0.05, 0) is 37.8 Å². The molecule has 1 saturated carbocycles. The molecule has 0 heterocycles. The smallest absolute Gasteiger partial charge is 0.238 e. The highest BCUT2D eigenvalue weighted by molar-refractivity contribution is 7.92. The van der Waals surface area contributed by atoms with Gasteiger partial charge in [-0.15, -0.1) is 0 Å². The Balaban J connectivity index is 2.36. The average molecular weight is 348 g/mol. The van der Waals surface area contributed by atoms with E-state index in [4.69, 9.17) is 9.88 Å². The summed E-state index contributed by atoms with van der Waals surface area (Å²) >= 11 is 0. The summed E-state index contributed by atoms with van der Waals surface area (Å²) in [5, 5.41) is 5.11. The van der Waals surface area contributed by atoms with E-state index >= 15 is 0 Å². The molecule has 1 aromatic rings. The van der Waals surface area contributed by atoms with Gasteiger partial charge in [0, 0.05) is 6.07 Å². The van der Waals surface area contributed by atoms with E-state index in [0.29, 0.717) is 0 Å². The topological polar surface area (TPSA) is 116 Å². The van der Waals surface area contributed by atoms with Crippen molar-refractivity contribution >= 4 is 25.7 Å². The molecule has 1 aromatic carbocycles. The minimum atomic E-state index is -3.88. The molecular weight excluding hydrogens is 328 g/mol. The van der Waals surface area contributed by atoms with Crippen LogP contribution in [-0.2, 0) is 20.0 Å². The van der Waals surface area contributed by atoms with Gasteiger partial charge in [-0.25, -0.2) is 22.0 Å². The van der Waals surface area contributed by atoms with Gasteiger partial charge in [0.2, 0.25) is 20.0 Å². The number of ether oxygens (including phenoxy) is 1. The zero-order valence-corrected chi connectivity index (χ0v) is 13.9. The largest absolute Gasteiger partial charge is 0.488 e. The van der Waals surface area contributed by atoms with E-state index in [0.717, 1.165) is 38.4 Å². The van der Waals surface area contributed by atoms with Crippen molar-refractivity contribution in [2.24, 2.45) is 5.14 Å². The first-order valence-electron chi connectivity index (χ1n) is 6.96. The summed E-state index contributed by atoms with van der Waals surface area (Å²) in [6.07, 6.45) is 5.90. The molecule has 2 rings (SSSR count). The van der Waals surface area contributed by atoms with Gasteiger partial charge in [-0.1, -0.05) is 6.42 Å².